The summed E-state index contributed by atoms with van der Waals surface area (Å²) in [7, 11) is 2.23. The van der Waals surface area contributed by atoms with E-state index in [0.717, 1.165) is 30.5 Å². The van der Waals surface area contributed by atoms with E-state index in [-0.39, 0.29) is 0 Å². The molecular formula is C19H33N3O. The summed E-state index contributed by atoms with van der Waals surface area (Å²) in [6, 6.07) is 5.04. The minimum absolute atomic E-state index is 0.735. The molecule has 1 aromatic rings. The van der Waals surface area contributed by atoms with Gasteiger partial charge >= 0.3 is 0 Å². The molecule has 130 valence electrons. The number of likely N-dealkylation sites (N-methyl/N-ethyl adjacent to an activating group) is 1. The summed E-state index contributed by atoms with van der Waals surface area (Å²) in [6.07, 6.45) is 6.39. The van der Waals surface area contributed by atoms with Crippen LogP contribution in [-0.2, 0) is 13.0 Å². The van der Waals surface area contributed by atoms with Gasteiger partial charge in [-0.2, -0.15) is 0 Å². The zero-order valence-corrected chi connectivity index (χ0v) is 15.0. The molecule has 0 radical (unpaired) electrons. The van der Waals surface area contributed by atoms with Crippen LogP contribution in [0.1, 0.15) is 44.1 Å². The van der Waals surface area contributed by atoms with Crippen molar-refractivity contribution in [1.82, 2.24) is 14.7 Å². The number of aryl methyl sites for hydroxylation is 1. The van der Waals surface area contributed by atoms with Crippen LogP contribution in [0.3, 0.4) is 0 Å². The van der Waals surface area contributed by atoms with Crippen LogP contribution in [0.15, 0.2) is 16.5 Å². The van der Waals surface area contributed by atoms with Crippen LogP contribution >= 0.6 is 0 Å². The van der Waals surface area contributed by atoms with Crippen LogP contribution in [0.25, 0.3) is 0 Å². The number of rotatable bonds is 6. The topological polar surface area (TPSA) is 22.9 Å². The molecular weight excluding hydrogens is 286 g/mol. The molecule has 3 rings (SSSR count). The fraction of sp³-hybridized carbons (Fsp3) is 0.789. The van der Waals surface area contributed by atoms with E-state index in [4.69, 9.17) is 4.42 Å². The lowest BCUT2D eigenvalue weighted by Gasteiger charge is -2.38. The molecule has 23 heavy (non-hydrogen) atoms. The lowest BCUT2D eigenvalue weighted by molar-refractivity contribution is 0.0962. The van der Waals surface area contributed by atoms with Gasteiger partial charge in [0.25, 0.3) is 0 Å². The van der Waals surface area contributed by atoms with Crippen LogP contribution < -0.4 is 0 Å². The summed E-state index contributed by atoms with van der Waals surface area (Å²) in [5.41, 5.74) is 0. The van der Waals surface area contributed by atoms with Crippen molar-refractivity contribution in [2.24, 2.45) is 0 Å². The Morgan fingerprint density at radius 2 is 1.83 bits per heavy atom. The van der Waals surface area contributed by atoms with Gasteiger partial charge in [0, 0.05) is 38.6 Å². The van der Waals surface area contributed by atoms with Gasteiger partial charge < -0.3 is 14.2 Å². The van der Waals surface area contributed by atoms with Crippen LogP contribution in [0, 0.1) is 0 Å². The SMILES string of the molecule is CCc1ccc(CN2CCCC[C@H]2CCN2CCN(C)CC2)o1. The van der Waals surface area contributed by atoms with Crippen molar-refractivity contribution in [3.8, 4) is 0 Å². The second-order valence-corrected chi connectivity index (χ2v) is 7.28. The molecule has 2 aliphatic heterocycles. The van der Waals surface area contributed by atoms with E-state index < -0.39 is 0 Å². The first kappa shape index (κ1) is 17.0. The average Bonchev–Trinajstić information content (AvgIpc) is 3.03. The predicted octanol–water partition coefficient (Wildman–Crippen LogP) is 2.83. The maximum atomic E-state index is 5.93. The normalized spacial score (nSPS) is 25.0. The minimum Gasteiger partial charge on any atom is -0.465 e. The molecule has 0 saturated carbocycles. The van der Waals surface area contributed by atoms with Gasteiger partial charge in [-0.25, -0.2) is 0 Å². The van der Waals surface area contributed by atoms with Crippen molar-refractivity contribution in [3.05, 3.63) is 23.7 Å². The molecule has 4 nitrogen and oxygen atoms in total. The van der Waals surface area contributed by atoms with Crippen molar-refractivity contribution >= 4 is 0 Å². The van der Waals surface area contributed by atoms with E-state index in [2.05, 4.69) is 40.8 Å². The highest BCUT2D eigenvalue weighted by molar-refractivity contribution is 5.07. The first-order valence-electron chi connectivity index (χ1n) is 9.47. The lowest BCUT2D eigenvalue weighted by Crippen LogP contribution is -2.47. The number of piperidine rings is 1. The Morgan fingerprint density at radius 3 is 2.57 bits per heavy atom. The Kier molecular flexibility index (Phi) is 6.15. The largest absolute Gasteiger partial charge is 0.465 e. The van der Waals surface area contributed by atoms with Crippen molar-refractivity contribution < 1.29 is 4.42 Å². The smallest absolute Gasteiger partial charge is 0.118 e. The maximum absolute atomic E-state index is 5.93. The van der Waals surface area contributed by atoms with Gasteiger partial charge in [-0.05, 0) is 51.5 Å². The van der Waals surface area contributed by atoms with E-state index in [1.807, 2.05) is 0 Å². The summed E-state index contributed by atoms with van der Waals surface area (Å²) in [5, 5.41) is 0. The number of nitrogens with zero attached hydrogens (tertiary/aromatic N) is 3. The van der Waals surface area contributed by atoms with Crippen molar-refractivity contribution in [3.63, 3.8) is 0 Å². The summed E-state index contributed by atoms with van der Waals surface area (Å²) in [6.45, 7) is 10.6. The Hall–Kier alpha value is -0.840. The zero-order valence-electron chi connectivity index (χ0n) is 15.0. The molecule has 2 saturated heterocycles. The monoisotopic (exact) mass is 319 g/mol. The predicted molar refractivity (Wildman–Crippen MR) is 94.7 cm³/mol. The molecule has 0 amide bonds. The molecule has 0 unspecified atom stereocenters. The van der Waals surface area contributed by atoms with Gasteiger partial charge in [0.05, 0.1) is 6.54 Å². The third kappa shape index (κ3) is 4.82. The molecule has 0 aromatic carbocycles. The van der Waals surface area contributed by atoms with Crippen LogP contribution in [0.4, 0.5) is 0 Å². The first-order chi connectivity index (χ1) is 11.2. The van der Waals surface area contributed by atoms with Gasteiger partial charge in [-0.15, -0.1) is 0 Å². The second kappa shape index (κ2) is 8.32. The fourth-order valence-electron chi connectivity index (χ4n) is 3.90. The molecule has 1 aromatic heterocycles. The lowest BCUT2D eigenvalue weighted by atomic mass is 9.98. The van der Waals surface area contributed by atoms with Gasteiger partial charge in [-0.3, -0.25) is 4.90 Å². The van der Waals surface area contributed by atoms with Crippen molar-refractivity contribution in [2.75, 3.05) is 46.3 Å². The maximum Gasteiger partial charge on any atom is 0.118 e. The molecule has 2 aliphatic rings. The van der Waals surface area contributed by atoms with Crippen LogP contribution in [0.5, 0.6) is 0 Å². The molecule has 4 heteroatoms. The molecule has 0 bridgehead atoms. The third-order valence-electron chi connectivity index (χ3n) is 5.55. The van der Waals surface area contributed by atoms with Crippen molar-refractivity contribution in [1.29, 1.82) is 0 Å². The average molecular weight is 319 g/mol. The highest BCUT2D eigenvalue weighted by Gasteiger charge is 2.24. The van der Waals surface area contributed by atoms with Crippen LogP contribution in [0.2, 0.25) is 0 Å². The van der Waals surface area contributed by atoms with Gasteiger partial charge in [0.15, 0.2) is 0 Å². The molecule has 0 spiro atoms. The molecule has 2 fully saturated rings. The summed E-state index contributed by atoms with van der Waals surface area (Å²) in [4.78, 5) is 7.75. The molecule has 1 atom stereocenters. The number of furan rings is 1. The van der Waals surface area contributed by atoms with E-state index in [0.29, 0.717) is 0 Å². The van der Waals surface area contributed by atoms with E-state index >= 15 is 0 Å². The summed E-state index contributed by atoms with van der Waals surface area (Å²) in [5.74, 6) is 2.26. The highest BCUT2D eigenvalue weighted by Crippen LogP contribution is 2.23. The minimum atomic E-state index is 0.735. The van der Waals surface area contributed by atoms with E-state index in [1.165, 1.54) is 65.0 Å². The Labute approximate surface area is 141 Å². The zero-order chi connectivity index (χ0) is 16.1. The van der Waals surface area contributed by atoms with Gasteiger partial charge in [0.2, 0.25) is 0 Å². The molecule has 3 heterocycles. The molecule has 0 aliphatic carbocycles. The number of hydrogen-bond donors (Lipinski definition) is 0. The summed E-state index contributed by atoms with van der Waals surface area (Å²) < 4.78 is 5.93. The fourth-order valence-corrected chi connectivity index (χ4v) is 3.90. The van der Waals surface area contributed by atoms with Gasteiger partial charge in [-0.1, -0.05) is 13.3 Å². The standard InChI is InChI=1S/C19H33N3O/c1-3-18-7-8-19(23-18)16-22-10-5-4-6-17(22)9-11-21-14-12-20(2)13-15-21/h7-8,17H,3-6,9-16H2,1-2H3/t17-/m0/s1. The van der Waals surface area contributed by atoms with Crippen LogP contribution in [-0.4, -0.2) is 67.1 Å². The Bertz CT molecular complexity index is 465. The number of likely N-dealkylation sites (tertiary alicyclic amines) is 1. The third-order valence-corrected chi connectivity index (χ3v) is 5.55. The van der Waals surface area contributed by atoms with Crippen molar-refractivity contribution in [2.45, 2.75) is 51.6 Å². The number of piperazine rings is 1. The Morgan fingerprint density at radius 1 is 1.04 bits per heavy atom. The van der Waals surface area contributed by atoms with E-state index in [1.54, 1.807) is 0 Å². The Balaban J connectivity index is 1.49. The summed E-state index contributed by atoms with van der Waals surface area (Å²) >= 11 is 0. The highest BCUT2D eigenvalue weighted by atomic mass is 16.3. The quantitative estimate of drug-likeness (QED) is 0.804. The van der Waals surface area contributed by atoms with E-state index in [9.17, 15) is 0 Å². The molecule has 0 N–H and O–H groups in total. The second-order valence-electron chi connectivity index (χ2n) is 7.28. The first-order valence-corrected chi connectivity index (χ1v) is 9.47. The van der Waals surface area contributed by atoms with Gasteiger partial charge in [0.1, 0.15) is 11.5 Å². The number of hydrogen-bond acceptors (Lipinski definition) is 4.